The summed E-state index contributed by atoms with van der Waals surface area (Å²) in [6, 6.07) is 33.8. The quantitative estimate of drug-likeness (QED) is 0.167. The van der Waals surface area contributed by atoms with Crippen LogP contribution in [-0.4, -0.2) is 137 Å². The topological polar surface area (TPSA) is 240 Å². The Labute approximate surface area is 406 Å². The van der Waals surface area contributed by atoms with Gasteiger partial charge in [-0.3, -0.25) is 38.1 Å². The molecule has 2 saturated heterocycles. The minimum Gasteiger partial charge on any atom is -0.436 e. The largest absolute Gasteiger partial charge is 0.436 e. The number of oxazole rings is 1. The molecule has 4 N–H and O–H groups in total. The first-order valence-electron chi connectivity index (χ1n) is 22.9. The summed E-state index contributed by atoms with van der Waals surface area (Å²) in [6.07, 6.45) is 4.93. The van der Waals surface area contributed by atoms with Crippen molar-refractivity contribution in [2.24, 2.45) is 0 Å². The van der Waals surface area contributed by atoms with Crippen LogP contribution in [0, 0.1) is 6.92 Å². The van der Waals surface area contributed by atoms with E-state index in [4.69, 9.17) is 10.2 Å². The van der Waals surface area contributed by atoms with Crippen molar-refractivity contribution in [3.8, 4) is 0 Å². The lowest BCUT2D eigenvalue weighted by molar-refractivity contribution is -0.134. The summed E-state index contributed by atoms with van der Waals surface area (Å²) in [6.45, 7) is 5.75. The molecule has 0 aliphatic carbocycles. The molecule has 20 heteroatoms. The van der Waals surface area contributed by atoms with Crippen LogP contribution in [0.3, 0.4) is 0 Å². The highest BCUT2D eigenvalue weighted by atomic mass is 16.4. The standard InChI is InChI=1S/C26H25N7O3.C25H24N6O4/c27-23-8-4-7-22(29-23)25(35)28-20-9-10-21-19(15-20)16-33(30-21)17-24(34)31-11-13-32(14-12-31)26(36)18-5-2-1-3-6-18;1-17-26-14-22(35-17)24(33)27-20-7-8-21-19(13-20)15-31(28-21)16-23(32)29-9-11-30(12-10-29)25(34)18-5-3-2-4-6-18/h1-10,15-16H,11-14,17H2,(H2,27,29)(H,28,35);2-8,13-15H,9-12,16H2,1H3,(H,27,33). The maximum atomic E-state index is 12.9. The van der Waals surface area contributed by atoms with Crippen LogP contribution >= 0.6 is 0 Å². The van der Waals surface area contributed by atoms with E-state index in [-0.39, 0.29) is 59.9 Å². The Bertz CT molecular complexity index is 3240. The SMILES string of the molecule is Cc1ncc(C(=O)Nc2ccc3nn(CC(=O)N4CCN(C(=O)c5ccccc5)CC4)cc3c2)o1.Nc1cccc(C(=O)Nc2ccc3nn(CC(=O)N4CCN(C(=O)c5ccccc5)CC4)cc3c2)n1. The van der Waals surface area contributed by atoms with Gasteiger partial charge in [-0.15, -0.1) is 0 Å². The van der Waals surface area contributed by atoms with Crippen LogP contribution in [0.2, 0.25) is 0 Å². The summed E-state index contributed by atoms with van der Waals surface area (Å²) in [7, 11) is 0. The third kappa shape index (κ3) is 11.4. The van der Waals surface area contributed by atoms with E-state index < -0.39 is 5.91 Å². The van der Waals surface area contributed by atoms with Crippen molar-refractivity contribution in [2.45, 2.75) is 20.0 Å². The molecule has 0 saturated carbocycles. The summed E-state index contributed by atoms with van der Waals surface area (Å²) < 4.78 is 8.44. The number of rotatable bonds is 10. The Hall–Kier alpha value is -9.20. The Morgan fingerprint density at radius 2 is 1.03 bits per heavy atom. The molecule has 0 unspecified atom stereocenters. The number of anilines is 3. The van der Waals surface area contributed by atoms with Crippen molar-refractivity contribution in [3.63, 3.8) is 0 Å². The fourth-order valence-corrected chi connectivity index (χ4v) is 8.22. The van der Waals surface area contributed by atoms with Gasteiger partial charge in [-0.05, 0) is 72.8 Å². The highest BCUT2D eigenvalue weighted by molar-refractivity contribution is 6.04. The van der Waals surface area contributed by atoms with Gasteiger partial charge in [-0.25, -0.2) is 9.97 Å². The molecule has 4 aromatic carbocycles. The molecule has 20 nitrogen and oxygen atoms in total. The van der Waals surface area contributed by atoms with E-state index in [1.165, 1.54) is 6.20 Å². The molecule has 2 aliphatic heterocycles. The average Bonchev–Trinajstić information content (AvgIpc) is 4.14. The van der Waals surface area contributed by atoms with Gasteiger partial charge in [0.05, 0.1) is 17.2 Å². The second-order valence-electron chi connectivity index (χ2n) is 16.9. The number of nitrogen functional groups attached to an aromatic ring is 1. The highest BCUT2D eigenvalue weighted by Crippen LogP contribution is 2.21. The molecule has 71 heavy (non-hydrogen) atoms. The Kier molecular flexibility index (Phi) is 13.9. The van der Waals surface area contributed by atoms with Crippen molar-refractivity contribution in [3.05, 3.63) is 162 Å². The van der Waals surface area contributed by atoms with Crippen molar-refractivity contribution < 1.29 is 33.2 Å². The number of nitrogens with one attached hydrogen (secondary N) is 2. The van der Waals surface area contributed by atoms with Gasteiger partial charge in [0.25, 0.3) is 23.6 Å². The summed E-state index contributed by atoms with van der Waals surface area (Å²) in [4.78, 5) is 90.7. The molecule has 0 bridgehead atoms. The third-order valence-electron chi connectivity index (χ3n) is 11.9. The third-order valence-corrected chi connectivity index (χ3v) is 11.9. The molecule has 0 radical (unpaired) electrons. The molecule has 360 valence electrons. The number of pyridine rings is 1. The van der Waals surface area contributed by atoms with E-state index in [0.717, 1.165) is 10.8 Å². The van der Waals surface area contributed by atoms with Crippen LogP contribution in [0.4, 0.5) is 17.2 Å². The molecule has 6 heterocycles. The molecular weight excluding hydrogens is 907 g/mol. The van der Waals surface area contributed by atoms with E-state index in [0.29, 0.717) is 91.8 Å². The van der Waals surface area contributed by atoms with Gasteiger partial charge in [0.15, 0.2) is 5.89 Å². The van der Waals surface area contributed by atoms with Gasteiger partial charge in [-0.2, -0.15) is 10.2 Å². The lowest BCUT2D eigenvalue weighted by Gasteiger charge is -2.34. The smallest absolute Gasteiger partial charge is 0.293 e. The summed E-state index contributed by atoms with van der Waals surface area (Å²) in [5.41, 5.74) is 9.78. The summed E-state index contributed by atoms with van der Waals surface area (Å²) >= 11 is 0. The van der Waals surface area contributed by atoms with Crippen molar-refractivity contribution in [1.29, 1.82) is 0 Å². The predicted molar refractivity (Wildman–Crippen MR) is 263 cm³/mol. The van der Waals surface area contributed by atoms with E-state index in [2.05, 4.69) is 30.8 Å². The lowest BCUT2D eigenvalue weighted by atomic mass is 10.2. The molecule has 0 atom stereocenters. The number of piperazine rings is 2. The fourth-order valence-electron chi connectivity index (χ4n) is 8.22. The number of benzene rings is 4. The zero-order valence-electron chi connectivity index (χ0n) is 38.7. The van der Waals surface area contributed by atoms with Crippen LogP contribution in [-0.2, 0) is 22.7 Å². The number of nitrogens with two attached hydrogens (primary N) is 1. The van der Waals surface area contributed by atoms with Crippen molar-refractivity contribution in [1.82, 2.24) is 49.1 Å². The number of aromatic nitrogens is 6. The van der Waals surface area contributed by atoms with Crippen LogP contribution in [0.1, 0.15) is 47.6 Å². The minimum absolute atomic E-state index is 0.0163. The van der Waals surface area contributed by atoms with Crippen molar-refractivity contribution >= 4 is 74.4 Å². The molecule has 2 aliphatic rings. The van der Waals surface area contributed by atoms with Gasteiger partial charge < -0.3 is 40.4 Å². The molecule has 2 fully saturated rings. The summed E-state index contributed by atoms with van der Waals surface area (Å²) in [5, 5.41) is 16.1. The predicted octanol–water partition coefficient (Wildman–Crippen LogP) is 4.82. The van der Waals surface area contributed by atoms with Crippen LogP contribution in [0.25, 0.3) is 21.8 Å². The summed E-state index contributed by atoms with van der Waals surface area (Å²) in [5.74, 6) is -0.0857. The van der Waals surface area contributed by atoms with E-state index >= 15 is 0 Å². The first-order valence-corrected chi connectivity index (χ1v) is 22.9. The Balaban J connectivity index is 0.000000176. The van der Waals surface area contributed by atoms with E-state index in [1.54, 1.807) is 127 Å². The molecular formula is C51H49N13O7. The molecule has 4 aromatic heterocycles. The molecule has 8 aromatic rings. The maximum Gasteiger partial charge on any atom is 0.293 e. The minimum atomic E-state index is -0.391. The Morgan fingerprint density at radius 1 is 0.563 bits per heavy atom. The Morgan fingerprint density at radius 3 is 1.48 bits per heavy atom. The van der Waals surface area contributed by atoms with Crippen LogP contribution in [0.5, 0.6) is 0 Å². The number of amides is 6. The van der Waals surface area contributed by atoms with Gasteiger partial charge in [0, 0.05) is 105 Å². The number of aryl methyl sites for hydroxylation is 1. The number of fused-ring (bicyclic) bond motifs is 2. The van der Waals surface area contributed by atoms with E-state index in [1.807, 2.05) is 36.4 Å². The van der Waals surface area contributed by atoms with Crippen LogP contribution < -0.4 is 16.4 Å². The second kappa shape index (κ2) is 21.0. The van der Waals surface area contributed by atoms with Gasteiger partial charge in [-0.1, -0.05) is 42.5 Å². The molecule has 10 rings (SSSR count). The van der Waals surface area contributed by atoms with Gasteiger partial charge in [0.2, 0.25) is 17.6 Å². The van der Waals surface area contributed by atoms with Crippen molar-refractivity contribution in [2.75, 3.05) is 68.7 Å². The monoisotopic (exact) mass is 955 g/mol. The van der Waals surface area contributed by atoms with Crippen LogP contribution in [0.15, 0.2) is 138 Å². The number of carbonyl (C=O) groups is 6. The zero-order valence-corrected chi connectivity index (χ0v) is 38.7. The first-order chi connectivity index (χ1) is 34.4. The normalized spacial score (nSPS) is 13.6. The average molecular weight is 956 g/mol. The second-order valence-corrected chi connectivity index (χ2v) is 16.9. The van der Waals surface area contributed by atoms with E-state index in [9.17, 15) is 28.8 Å². The number of nitrogens with zero attached hydrogens (tertiary/aromatic N) is 10. The lowest BCUT2D eigenvalue weighted by Crippen LogP contribution is -2.51. The van der Waals surface area contributed by atoms with Gasteiger partial charge in [0.1, 0.15) is 24.6 Å². The maximum absolute atomic E-state index is 12.9. The zero-order chi connectivity index (χ0) is 49.4. The molecule has 0 spiro atoms. The number of carbonyl (C=O) groups excluding carboxylic acids is 6. The first kappa shape index (κ1) is 46.9. The fraction of sp³-hybridized carbons (Fsp3) is 0.216. The van der Waals surface area contributed by atoms with Gasteiger partial charge >= 0.3 is 0 Å². The highest BCUT2D eigenvalue weighted by Gasteiger charge is 2.27. The molecule has 6 amide bonds. The number of hydrogen-bond acceptors (Lipinski definition) is 12. The number of hydrogen-bond donors (Lipinski definition) is 3.